The zero-order valence-corrected chi connectivity index (χ0v) is 15.3. The van der Waals surface area contributed by atoms with E-state index in [1.807, 2.05) is 30.3 Å². The molecule has 0 aliphatic rings. The Balaban J connectivity index is 1.80. The molecule has 4 aromatic rings. The Hall–Kier alpha value is -3.22. The fraction of sp³-hybridized carbons (Fsp3) is 0.0476. The van der Waals surface area contributed by atoms with Crippen LogP contribution in [0.25, 0.3) is 10.9 Å². The van der Waals surface area contributed by atoms with Crippen molar-refractivity contribution in [2.75, 3.05) is 5.06 Å². The molecular weight excluding hydrogens is 381 g/mol. The molecule has 0 radical (unpaired) electrons. The first-order valence-corrected chi connectivity index (χ1v) is 8.85. The third-order valence-corrected chi connectivity index (χ3v) is 4.42. The zero-order chi connectivity index (χ0) is 19.5. The average molecular weight is 396 g/mol. The number of anilines is 2. The minimum atomic E-state index is -0.529. The summed E-state index contributed by atoms with van der Waals surface area (Å²) in [5.74, 6) is -0.0539. The predicted molar refractivity (Wildman–Crippen MR) is 106 cm³/mol. The van der Waals surface area contributed by atoms with E-state index in [0.29, 0.717) is 22.4 Å². The predicted octanol–water partition coefficient (Wildman–Crippen LogP) is 5.40. The Morgan fingerprint density at radius 2 is 1.82 bits per heavy atom. The van der Waals surface area contributed by atoms with Crippen LogP contribution in [-0.2, 0) is 11.4 Å². The highest BCUT2D eigenvalue weighted by molar-refractivity contribution is 6.31. The summed E-state index contributed by atoms with van der Waals surface area (Å²) < 4.78 is 13.7. The van der Waals surface area contributed by atoms with Gasteiger partial charge in [0.15, 0.2) is 5.82 Å². The fourth-order valence-electron chi connectivity index (χ4n) is 2.78. The van der Waals surface area contributed by atoms with Gasteiger partial charge in [-0.25, -0.2) is 19.4 Å². The summed E-state index contributed by atoms with van der Waals surface area (Å²) in [5.41, 5.74) is 2.07. The molecule has 7 heteroatoms. The number of benzene rings is 3. The van der Waals surface area contributed by atoms with E-state index in [1.165, 1.54) is 23.5 Å². The summed E-state index contributed by atoms with van der Waals surface area (Å²) in [7, 11) is 0. The Labute approximate surface area is 165 Å². The van der Waals surface area contributed by atoms with Gasteiger partial charge in [-0.2, -0.15) is 0 Å². The molecular formula is C21H15ClFN3O2. The molecule has 1 heterocycles. The van der Waals surface area contributed by atoms with Gasteiger partial charge < -0.3 is 5.11 Å². The minimum absolute atomic E-state index is 0.0352. The molecule has 0 aliphatic carbocycles. The van der Waals surface area contributed by atoms with Gasteiger partial charge in [0.1, 0.15) is 24.5 Å². The molecule has 0 bridgehead atoms. The Kier molecular flexibility index (Phi) is 5.06. The van der Waals surface area contributed by atoms with Crippen LogP contribution in [-0.4, -0.2) is 15.1 Å². The van der Waals surface area contributed by atoms with E-state index in [1.54, 1.807) is 24.3 Å². The van der Waals surface area contributed by atoms with Gasteiger partial charge in [-0.3, -0.25) is 4.84 Å². The molecule has 0 saturated carbocycles. The molecule has 0 amide bonds. The van der Waals surface area contributed by atoms with Crippen LogP contribution in [0.3, 0.4) is 0 Å². The lowest BCUT2D eigenvalue weighted by atomic mass is 10.2. The van der Waals surface area contributed by atoms with Crippen LogP contribution in [0.4, 0.5) is 15.9 Å². The zero-order valence-electron chi connectivity index (χ0n) is 14.6. The van der Waals surface area contributed by atoms with Crippen molar-refractivity contribution in [2.45, 2.75) is 6.61 Å². The van der Waals surface area contributed by atoms with Crippen molar-refractivity contribution >= 4 is 34.0 Å². The maximum atomic E-state index is 13.7. The number of fused-ring (bicyclic) bond motifs is 1. The number of aromatic hydroxyl groups is 1. The van der Waals surface area contributed by atoms with Crippen LogP contribution in [0.1, 0.15) is 5.56 Å². The van der Waals surface area contributed by atoms with Crippen LogP contribution in [0.2, 0.25) is 5.02 Å². The van der Waals surface area contributed by atoms with Gasteiger partial charge in [-0.15, -0.1) is 0 Å². The number of aromatic nitrogens is 2. The van der Waals surface area contributed by atoms with Gasteiger partial charge in [-0.1, -0.05) is 41.9 Å². The smallest absolute Gasteiger partial charge is 0.169 e. The maximum Gasteiger partial charge on any atom is 0.169 e. The molecule has 3 aromatic carbocycles. The van der Waals surface area contributed by atoms with Crippen molar-refractivity contribution in [1.82, 2.24) is 9.97 Å². The molecule has 0 unspecified atom stereocenters. The highest BCUT2D eigenvalue weighted by atomic mass is 35.5. The van der Waals surface area contributed by atoms with Gasteiger partial charge >= 0.3 is 0 Å². The summed E-state index contributed by atoms with van der Waals surface area (Å²) in [6.45, 7) is 0.250. The van der Waals surface area contributed by atoms with Crippen molar-refractivity contribution in [3.05, 3.63) is 89.5 Å². The molecule has 5 nitrogen and oxygen atoms in total. The lowest BCUT2D eigenvalue weighted by Crippen LogP contribution is -2.19. The van der Waals surface area contributed by atoms with E-state index in [4.69, 9.17) is 16.4 Å². The van der Waals surface area contributed by atoms with Crippen molar-refractivity contribution in [1.29, 1.82) is 0 Å². The van der Waals surface area contributed by atoms with Crippen LogP contribution < -0.4 is 5.06 Å². The van der Waals surface area contributed by atoms with E-state index in [-0.39, 0.29) is 17.4 Å². The molecule has 0 fully saturated rings. The minimum Gasteiger partial charge on any atom is -0.508 e. The molecule has 0 aliphatic heterocycles. The fourth-order valence-corrected chi connectivity index (χ4v) is 2.95. The van der Waals surface area contributed by atoms with Gasteiger partial charge in [0.05, 0.1) is 16.2 Å². The summed E-state index contributed by atoms with van der Waals surface area (Å²) >= 11 is 5.98. The number of phenolic OH excluding ortho intramolecular Hbond substituents is 1. The van der Waals surface area contributed by atoms with E-state index >= 15 is 0 Å². The second kappa shape index (κ2) is 7.80. The second-order valence-corrected chi connectivity index (χ2v) is 6.46. The SMILES string of the molecule is Oc1ccc2ncnc(N(OCc3ccccc3)c3ccc(F)c(Cl)c3)c2c1. The van der Waals surface area contributed by atoms with Gasteiger partial charge in [-0.05, 0) is 42.0 Å². The van der Waals surface area contributed by atoms with Crippen molar-refractivity contribution < 1.29 is 14.3 Å². The number of hydrogen-bond acceptors (Lipinski definition) is 5. The molecule has 140 valence electrons. The van der Waals surface area contributed by atoms with E-state index in [0.717, 1.165) is 5.56 Å². The standard InChI is InChI=1S/C21H15ClFN3O2/c22-18-10-15(6-8-19(18)23)26(28-12-14-4-2-1-3-5-14)21-17-11-16(27)7-9-20(17)24-13-25-21/h1-11,13,27H,12H2. The molecule has 28 heavy (non-hydrogen) atoms. The average Bonchev–Trinajstić information content (AvgIpc) is 2.71. The quantitative estimate of drug-likeness (QED) is 0.458. The third kappa shape index (κ3) is 3.74. The normalized spacial score (nSPS) is 10.9. The van der Waals surface area contributed by atoms with Crippen LogP contribution in [0, 0.1) is 5.82 Å². The summed E-state index contributed by atoms with van der Waals surface area (Å²) in [4.78, 5) is 14.6. The van der Waals surface area contributed by atoms with Gasteiger partial charge in [0.2, 0.25) is 0 Å². The van der Waals surface area contributed by atoms with E-state index < -0.39 is 5.82 Å². The Bertz CT molecular complexity index is 1130. The maximum absolute atomic E-state index is 13.7. The van der Waals surface area contributed by atoms with Crippen molar-refractivity contribution in [3.63, 3.8) is 0 Å². The largest absolute Gasteiger partial charge is 0.508 e. The molecule has 1 aromatic heterocycles. The molecule has 0 saturated heterocycles. The number of rotatable bonds is 5. The van der Waals surface area contributed by atoms with Crippen molar-refractivity contribution in [3.8, 4) is 5.75 Å². The highest BCUT2D eigenvalue weighted by Gasteiger charge is 2.18. The summed E-state index contributed by atoms with van der Waals surface area (Å²) in [5, 5.41) is 11.9. The van der Waals surface area contributed by atoms with Gasteiger partial charge in [0.25, 0.3) is 0 Å². The van der Waals surface area contributed by atoms with Gasteiger partial charge in [0, 0.05) is 5.39 Å². The van der Waals surface area contributed by atoms with Crippen LogP contribution in [0.15, 0.2) is 73.1 Å². The Morgan fingerprint density at radius 3 is 2.61 bits per heavy atom. The number of phenols is 1. The number of hydrogen-bond donors (Lipinski definition) is 1. The number of halogens is 2. The third-order valence-electron chi connectivity index (χ3n) is 4.13. The molecule has 4 rings (SSSR count). The van der Waals surface area contributed by atoms with E-state index in [9.17, 15) is 9.50 Å². The molecule has 0 atom stereocenters. The van der Waals surface area contributed by atoms with Crippen LogP contribution in [0.5, 0.6) is 5.75 Å². The summed E-state index contributed by atoms with van der Waals surface area (Å²) in [6, 6.07) is 18.6. The Morgan fingerprint density at radius 1 is 1.00 bits per heavy atom. The molecule has 0 spiro atoms. The monoisotopic (exact) mass is 395 g/mol. The molecule has 1 N–H and O–H groups in total. The topological polar surface area (TPSA) is 58.5 Å². The first-order valence-electron chi connectivity index (χ1n) is 8.47. The van der Waals surface area contributed by atoms with E-state index in [2.05, 4.69) is 9.97 Å². The first kappa shape index (κ1) is 18.2. The number of nitrogens with zero attached hydrogens (tertiary/aromatic N) is 3. The highest BCUT2D eigenvalue weighted by Crippen LogP contribution is 2.33. The lowest BCUT2D eigenvalue weighted by molar-refractivity contribution is 0.121. The van der Waals surface area contributed by atoms with Crippen LogP contribution >= 0.6 is 11.6 Å². The van der Waals surface area contributed by atoms with Crippen molar-refractivity contribution in [2.24, 2.45) is 0 Å². The lowest BCUT2D eigenvalue weighted by Gasteiger charge is -2.24. The first-order chi connectivity index (χ1) is 13.6. The summed E-state index contributed by atoms with van der Waals surface area (Å²) in [6.07, 6.45) is 1.40. The second-order valence-electron chi connectivity index (χ2n) is 6.05.